The molecule has 0 amide bonds. The van der Waals surface area contributed by atoms with Crippen molar-refractivity contribution in [1.82, 2.24) is 10.2 Å². The normalized spacial score (nSPS) is 10.1. The number of rotatable bonds is 2. The summed E-state index contributed by atoms with van der Waals surface area (Å²) >= 11 is 5.90. The van der Waals surface area contributed by atoms with Crippen LogP contribution in [-0.4, -0.2) is 17.3 Å². The number of aromatic nitrogens is 2. The van der Waals surface area contributed by atoms with E-state index in [1.165, 1.54) is 0 Å². The summed E-state index contributed by atoms with van der Waals surface area (Å²) in [5, 5.41) is 7.08. The first-order chi connectivity index (χ1) is 6.81. The molecule has 0 aliphatic rings. The highest BCUT2D eigenvalue weighted by molar-refractivity contribution is 6.32. The molecule has 3 nitrogen and oxygen atoms in total. The molecule has 72 valence electrons. The maximum atomic E-state index is 5.90. The molecule has 4 heteroatoms. The van der Waals surface area contributed by atoms with Crippen LogP contribution in [-0.2, 0) is 0 Å². The maximum Gasteiger partial charge on any atom is 0.132 e. The van der Waals surface area contributed by atoms with Crippen molar-refractivity contribution in [3.05, 3.63) is 35.6 Å². The molecule has 0 aliphatic heterocycles. The second-order valence-electron chi connectivity index (χ2n) is 2.83. The van der Waals surface area contributed by atoms with E-state index in [-0.39, 0.29) is 0 Å². The molecular formula is C10H9ClN2O. The molecule has 0 spiro atoms. The fourth-order valence-electron chi connectivity index (χ4n) is 1.24. The van der Waals surface area contributed by atoms with Crippen LogP contribution in [0.15, 0.2) is 30.5 Å². The van der Waals surface area contributed by atoms with Gasteiger partial charge in [0.2, 0.25) is 0 Å². The Morgan fingerprint density at radius 2 is 2.00 bits per heavy atom. The summed E-state index contributed by atoms with van der Waals surface area (Å²) in [4.78, 5) is 0. The van der Waals surface area contributed by atoms with Gasteiger partial charge in [-0.2, -0.15) is 5.10 Å². The Balaban J connectivity index is 2.39. The van der Waals surface area contributed by atoms with E-state index in [1.54, 1.807) is 13.3 Å². The first-order valence-electron chi connectivity index (χ1n) is 4.14. The summed E-state index contributed by atoms with van der Waals surface area (Å²) in [6.45, 7) is 0. The molecule has 0 atom stereocenters. The zero-order valence-corrected chi connectivity index (χ0v) is 8.38. The molecule has 0 fully saturated rings. The minimum Gasteiger partial charge on any atom is -0.497 e. The quantitative estimate of drug-likeness (QED) is 0.824. The topological polar surface area (TPSA) is 37.9 Å². The van der Waals surface area contributed by atoms with Crippen LogP contribution < -0.4 is 4.74 Å². The van der Waals surface area contributed by atoms with Crippen LogP contribution in [0.2, 0.25) is 5.15 Å². The van der Waals surface area contributed by atoms with Crippen molar-refractivity contribution in [2.45, 2.75) is 0 Å². The first kappa shape index (κ1) is 9.09. The summed E-state index contributed by atoms with van der Waals surface area (Å²) in [7, 11) is 1.64. The van der Waals surface area contributed by atoms with Gasteiger partial charge in [-0.25, -0.2) is 0 Å². The second-order valence-corrected chi connectivity index (χ2v) is 3.20. The summed E-state index contributed by atoms with van der Waals surface area (Å²) in [5.41, 5.74) is 1.92. The minimum absolute atomic E-state index is 0.551. The molecule has 2 aromatic rings. The number of benzene rings is 1. The minimum atomic E-state index is 0.551. The van der Waals surface area contributed by atoms with E-state index in [4.69, 9.17) is 16.3 Å². The fourth-order valence-corrected chi connectivity index (χ4v) is 1.45. The lowest BCUT2D eigenvalue weighted by atomic mass is 10.1. The van der Waals surface area contributed by atoms with Crippen molar-refractivity contribution in [2.75, 3.05) is 7.11 Å². The van der Waals surface area contributed by atoms with Crippen molar-refractivity contribution in [1.29, 1.82) is 0 Å². The lowest BCUT2D eigenvalue weighted by Crippen LogP contribution is -1.82. The van der Waals surface area contributed by atoms with Crippen LogP contribution in [0.1, 0.15) is 0 Å². The van der Waals surface area contributed by atoms with Crippen LogP contribution >= 0.6 is 11.6 Å². The van der Waals surface area contributed by atoms with Gasteiger partial charge in [0.15, 0.2) is 0 Å². The van der Waals surface area contributed by atoms with Crippen LogP contribution in [0.4, 0.5) is 0 Å². The van der Waals surface area contributed by atoms with Gasteiger partial charge in [-0.05, 0) is 17.7 Å². The Kier molecular flexibility index (Phi) is 2.41. The number of H-pyrrole nitrogens is 1. The maximum absolute atomic E-state index is 5.90. The molecule has 2 rings (SSSR count). The summed E-state index contributed by atoms with van der Waals surface area (Å²) < 4.78 is 5.06. The van der Waals surface area contributed by atoms with Crippen molar-refractivity contribution in [3.63, 3.8) is 0 Å². The molecule has 1 aromatic heterocycles. The summed E-state index contributed by atoms with van der Waals surface area (Å²) in [6, 6.07) is 7.66. The number of aromatic amines is 1. The van der Waals surface area contributed by atoms with E-state index < -0.39 is 0 Å². The highest BCUT2D eigenvalue weighted by Gasteiger charge is 2.04. The molecular weight excluding hydrogens is 200 g/mol. The van der Waals surface area contributed by atoms with Gasteiger partial charge in [-0.1, -0.05) is 23.7 Å². The third-order valence-corrected chi connectivity index (χ3v) is 2.28. The number of nitrogens with zero attached hydrogens (tertiary/aromatic N) is 1. The molecule has 14 heavy (non-hydrogen) atoms. The smallest absolute Gasteiger partial charge is 0.132 e. The zero-order chi connectivity index (χ0) is 9.97. The van der Waals surface area contributed by atoms with Crippen molar-refractivity contribution < 1.29 is 4.74 Å². The van der Waals surface area contributed by atoms with Crippen LogP contribution in [0.25, 0.3) is 11.1 Å². The van der Waals surface area contributed by atoms with E-state index in [0.29, 0.717) is 5.15 Å². The molecule has 0 saturated carbocycles. The third-order valence-electron chi connectivity index (χ3n) is 1.99. The Morgan fingerprint density at radius 3 is 2.50 bits per heavy atom. The molecule has 1 N–H and O–H groups in total. The van der Waals surface area contributed by atoms with Crippen LogP contribution in [0.3, 0.4) is 0 Å². The van der Waals surface area contributed by atoms with Gasteiger partial charge in [-0.15, -0.1) is 0 Å². The van der Waals surface area contributed by atoms with Gasteiger partial charge in [-0.3, -0.25) is 5.10 Å². The average Bonchev–Trinajstić information content (AvgIpc) is 2.65. The highest BCUT2D eigenvalue weighted by Crippen LogP contribution is 2.26. The Bertz CT molecular complexity index is 422. The van der Waals surface area contributed by atoms with Gasteiger partial charge < -0.3 is 4.74 Å². The van der Waals surface area contributed by atoms with E-state index >= 15 is 0 Å². The molecule has 1 heterocycles. The SMILES string of the molecule is COc1ccc(-c2cn[nH]c2Cl)cc1. The predicted octanol–water partition coefficient (Wildman–Crippen LogP) is 2.74. The van der Waals surface area contributed by atoms with Crippen molar-refractivity contribution in [2.24, 2.45) is 0 Å². The summed E-state index contributed by atoms with van der Waals surface area (Å²) in [5.74, 6) is 0.827. The van der Waals surface area contributed by atoms with Gasteiger partial charge in [0.05, 0.1) is 13.3 Å². The van der Waals surface area contributed by atoms with E-state index in [9.17, 15) is 0 Å². The standard InChI is InChI=1S/C10H9ClN2O/c1-14-8-4-2-7(3-5-8)9-6-12-13-10(9)11/h2-6H,1H3,(H,12,13). The van der Waals surface area contributed by atoms with Crippen molar-refractivity contribution >= 4 is 11.6 Å². The number of hydrogen-bond donors (Lipinski definition) is 1. The monoisotopic (exact) mass is 208 g/mol. The van der Waals surface area contributed by atoms with Gasteiger partial charge in [0, 0.05) is 5.56 Å². The molecule has 0 saturated heterocycles. The average molecular weight is 209 g/mol. The first-order valence-corrected chi connectivity index (χ1v) is 4.52. The number of ether oxygens (including phenoxy) is 1. The van der Waals surface area contributed by atoms with Gasteiger partial charge in [0.1, 0.15) is 10.9 Å². The number of hydrogen-bond acceptors (Lipinski definition) is 2. The van der Waals surface area contributed by atoms with Crippen LogP contribution in [0, 0.1) is 0 Å². The van der Waals surface area contributed by atoms with E-state index in [0.717, 1.165) is 16.9 Å². The second kappa shape index (κ2) is 3.72. The fraction of sp³-hybridized carbons (Fsp3) is 0.100. The largest absolute Gasteiger partial charge is 0.497 e. The summed E-state index contributed by atoms with van der Waals surface area (Å²) in [6.07, 6.45) is 1.70. The molecule has 1 aromatic carbocycles. The number of methoxy groups -OCH3 is 1. The number of halogens is 1. The van der Waals surface area contributed by atoms with E-state index in [1.807, 2.05) is 24.3 Å². The molecule has 0 aliphatic carbocycles. The number of nitrogens with one attached hydrogen (secondary N) is 1. The van der Waals surface area contributed by atoms with Gasteiger partial charge >= 0.3 is 0 Å². The lowest BCUT2D eigenvalue weighted by Gasteiger charge is -2.01. The predicted molar refractivity (Wildman–Crippen MR) is 55.6 cm³/mol. The molecule has 0 radical (unpaired) electrons. The Morgan fingerprint density at radius 1 is 1.29 bits per heavy atom. The molecule has 0 bridgehead atoms. The Hall–Kier alpha value is -1.48. The highest BCUT2D eigenvalue weighted by atomic mass is 35.5. The Labute approximate surface area is 86.7 Å². The zero-order valence-electron chi connectivity index (χ0n) is 7.62. The molecule has 0 unspecified atom stereocenters. The van der Waals surface area contributed by atoms with Crippen LogP contribution in [0.5, 0.6) is 5.75 Å². The third kappa shape index (κ3) is 1.59. The lowest BCUT2D eigenvalue weighted by molar-refractivity contribution is 0.415. The van der Waals surface area contributed by atoms with Gasteiger partial charge in [0.25, 0.3) is 0 Å². The van der Waals surface area contributed by atoms with Crippen molar-refractivity contribution in [3.8, 4) is 16.9 Å². The van der Waals surface area contributed by atoms with E-state index in [2.05, 4.69) is 10.2 Å².